The van der Waals surface area contributed by atoms with Crippen molar-refractivity contribution in [3.05, 3.63) is 58.0 Å². The highest BCUT2D eigenvalue weighted by molar-refractivity contribution is 5.95. The van der Waals surface area contributed by atoms with Gasteiger partial charge in [-0.05, 0) is 63.0 Å². The molecule has 28 heavy (non-hydrogen) atoms. The number of nitrogens with one attached hydrogen (secondary N) is 2. The van der Waals surface area contributed by atoms with E-state index in [1.54, 1.807) is 18.4 Å². The van der Waals surface area contributed by atoms with Crippen molar-refractivity contribution >= 4 is 17.3 Å². The maximum Gasteiger partial charge on any atom is 0.293 e. The van der Waals surface area contributed by atoms with E-state index in [0.29, 0.717) is 18.3 Å². The Balaban J connectivity index is 1.46. The molecule has 2 heterocycles. The van der Waals surface area contributed by atoms with Crippen LogP contribution in [0.4, 0.5) is 11.4 Å². The molecule has 4 rings (SSSR count). The number of furan rings is 1. The molecule has 1 aromatic carbocycles. The second-order valence-corrected chi connectivity index (χ2v) is 7.39. The third kappa shape index (κ3) is 4.17. The summed E-state index contributed by atoms with van der Waals surface area (Å²) in [5.74, 6) is 0.494. The Morgan fingerprint density at radius 2 is 2.07 bits per heavy atom. The lowest BCUT2D eigenvalue weighted by atomic mass is 10.1. The summed E-state index contributed by atoms with van der Waals surface area (Å²) in [7, 11) is 0. The van der Waals surface area contributed by atoms with Crippen molar-refractivity contribution in [2.24, 2.45) is 0 Å². The zero-order valence-electron chi connectivity index (χ0n) is 15.6. The maximum atomic E-state index is 12.7. The van der Waals surface area contributed by atoms with Gasteiger partial charge in [0.2, 0.25) is 0 Å². The number of nitrogens with zero attached hydrogens (tertiary/aromatic N) is 2. The molecule has 2 aromatic rings. The first kappa shape index (κ1) is 18.5. The summed E-state index contributed by atoms with van der Waals surface area (Å²) in [6, 6.07) is 8.62. The summed E-state index contributed by atoms with van der Waals surface area (Å²) >= 11 is 0. The maximum absolute atomic E-state index is 12.7. The molecule has 8 heteroatoms. The minimum atomic E-state index is -0.447. The normalized spacial score (nSPS) is 18.0. The van der Waals surface area contributed by atoms with Crippen LogP contribution in [0, 0.1) is 10.1 Å². The molecule has 0 radical (unpaired) electrons. The zero-order valence-corrected chi connectivity index (χ0v) is 15.6. The number of anilines is 1. The first-order valence-electron chi connectivity index (χ1n) is 9.72. The highest BCUT2D eigenvalue weighted by atomic mass is 16.6. The molecule has 8 nitrogen and oxygen atoms in total. The number of hydrogen-bond acceptors (Lipinski definition) is 6. The topological polar surface area (TPSA) is 101 Å². The molecular formula is C20H24N4O4. The molecule has 0 unspecified atom stereocenters. The van der Waals surface area contributed by atoms with E-state index in [1.807, 2.05) is 12.1 Å². The van der Waals surface area contributed by atoms with Crippen LogP contribution in [0.5, 0.6) is 0 Å². The molecule has 1 saturated heterocycles. The van der Waals surface area contributed by atoms with E-state index in [4.69, 9.17) is 4.42 Å². The van der Waals surface area contributed by atoms with Crippen molar-refractivity contribution in [2.75, 3.05) is 25.0 Å². The lowest BCUT2D eigenvalue weighted by Crippen LogP contribution is -2.36. The van der Waals surface area contributed by atoms with E-state index in [1.165, 1.54) is 6.07 Å². The fourth-order valence-corrected chi connectivity index (χ4v) is 3.63. The SMILES string of the molecule is O=C(NC[C@@H](c1ccco1)N1CCCC1)c1ccc(NC2CC2)c([N+](=O)[O-])c1. The van der Waals surface area contributed by atoms with Crippen molar-refractivity contribution < 1.29 is 14.1 Å². The number of hydrogen-bond donors (Lipinski definition) is 2. The van der Waals surface area contributed by atoms with Gasteiger partial charge in [0.25, 0.3) is 11.6 Å². The van der Waals surface area contributed by atoms with Gasteiger partial charge in [-0.1, -0.05) is 0 Å². The van der Waals surface area contributed by atoms with Gasteiger partial charge in [0.1, 0.15) is 11.4 Å². The smallest absolute Gasteiger partial charge is 0.293 e. The first-order chi connectivity index (χ1) is 13.6. The quantitative estimate of drug-likeness (QED) is 0.535. The highest BCUT2D eigenvalue weighted by Crippen LogP contribution is 2.31. The fraction of sp³-hybridized carbons (Fsp3) is 0.450. The van der Waals surface area contributed by atoms with Crippen LogP contribution >= 0.6 is 0 Å². The second-order valence-electron chi connectivity index (χ2n) is 7.39. The Morgan fingerprint density at radius 1 is 1.29 bits per heavy atom. The van der Waals surface area contributed by atoms with Crippen LogP contribution in [0.25, 0.3) is 0 Å². The van der Waals surface area contributed by atoms with Gasteiger partial charge in [-0.3, -0.25) is 19.8 Å². The van der Waals surface area contributed by atoms with Crippen molar-refractivity contribution in [1.82, 2.24) is 10.2 Å². The van der Waals surface area contributed by atoms with Gasteiger partial charge in [-0.15, -0.1) is 0 Å². The van der Waals surface area contributed by atoms with Gasteiger partial charge >= 0.3 is 0 Å². The summed E-state index contributed by atoms with van der Waals surface area (Å²) in [5, 5.41) is 17.5. The molecule has 2 aliphatic rings. The molecule has 1 aliphatic carbocycles. The Labute approximate surface area is 163 Å². The molecular weight excluding hydrogens is 360 g/mol. The summed E-state index contributed by atoms with van der Waals surface area (Å²) in [4.78, 5) is 25.9. The van der Waals surface area contributed by atoms with Gasteiger partial charge in [0.15, 0.2) is 0 Å². The van der Waals surface area contributed by atoms with Gasteiger partial charge in [-0.25, -0.2) is 0 Å². The number of carbonyl (C=O) groups excluding carboxylic acids is 1. The Bertz CT molecular complexity index is 842. The average molecular weight is 384 g/mol. The van der Waals surface area contributed by atoms with E-state index < -0.39 is 4.92 Å². The number of rotatable bonds is 8. The predicted octanol–water partition coefficient (Wildman–Crippen LogP) is 3.33. The second kappa shape index (κ2) is 8.02. The van der Waals surface area contributed by atoms with Crippen LogP contribution in [-0.2, 0) is 0 Å². The van der Waals surface area contributed by atoms with Crippen LogP contribution < -0.4 is 10.6 Å². The van der Waals surface area contributed by atoms with E-state index in [9.17, 15) is 14.9 Å². The average Bonchev–Trinajstić information content (AvgIpc) is 3.14. The molecule has 1 aromatic heterocycles. The zero-order chi connectivity index (χ0) is 19.5. The molecule has 2 N–H and O–H groups in total. The molecule has 1 atom stereocenters. The van der Waals surface area contributed by atoms with Gasteiger partial charge < -0.3 is 15.1 Å². The Morgan fingerprint density at radius 3 is 2.71 bits per heavy atom. The van der Waals surface area contributed by atoms with Gasteiger partial charge in [0, 0.05) is 24.2 Å². The lowest BCUT2D eigenvalue weighted by molar-refractivity contribution is -0.384. The summed E-state index contributed by atoms with van der Waals surface area (Å²) < 4.78 is 5.56. The molecule has 1 aliphatic heterocycles. The van der Waals surface area contributed by atoms with Gasteiger partial charge in [0.05, 0.1) is 17.2 Å². The van der Waals surface area contributed by atoms with Gasteiger partial charge in [-0.2, -0.15) is 0 Å². The summed E-state index contributed by atoms with van der Waals surface area (Å²) in [6.07, 6.45) is 5.93. The third-order valence-corrected chi connectivity index (χ3v) is 5.30. The monoisotopic (exact) mass is 384 g/mol. The number of amides is 1. The molecule has 1 amide bonds. The molecule has 2 fully saturated rings. The number of likely N-dealkylation sites (tertiary alicyclic amines) is 1. The Hall–Kier alpha value is -2.87. The largest absolute Gasteiger partial charge is 0.468 e. The molecule has 1 saturated carbocycles. The first-order valence-corrected chi connectivity index (χ1v) is 9.72. The number of nitro benzene ring substituents is 1. The standard InChI is InChI=1S/C20H24N4O4/c25-20(14-5-8-16(22-15-6-7-15)17(12-14)24(26)27)21-13-18(19-4-3-11-28-19)23-9-1-2-10-23/h3-5,8,11-12,15,18,22H,1-2,6-7,9-10,13H2,(H,21,25)/t18-/m0/s1. The minimum absolute atomic E-state index is 0.0350. The van der Waals surface area contributed by atoms with Crippen LogP contribution in [0.2, 0.25) is 0 Å². The predicted molar refractivity (Wildman–Crippen MR) is 104 cm³/mol. The number of nitro groups is 1. The molecule has 0 bridgehead atoms. The van der Waals surface area contributed by atoms with Crippen molar-refractivity contribution in [2.45, 2.75) is 37.8 Å². The fourth-order valence-electron chi connectivity index (χ4n) is 3.63. The van der Waals surface area contributed by atoms with Crippen molar-refractivity contribution in [1.29, 1.82) is 0 Å². The minimum Gasteiger partial charge on any atom is -0.468 e. The van der Waals surface area contributed by atoms with E-state index in [-0.39, 0.29) is 23.2 Å². The van der Waals surface area contributed by atoms with Crippen LogP contribution in [0.1, 0.15) is 47.8 Å². The van der Waals surface area contributed by atoms with Crippen LogP contribution in [-0.4, -0.2) is 41.4 Å². The number of benzene rings is 1. The van der Waals surface area contributed by atoms with E-state index in [2.05, 4.69) is 15.5 Å². The Kier molecular flexibility index (Phi) is 5.29. The summed E-state index contributed by atoms with van der Waals surface area (Å²) in [6.45, 7) is 2.32. The van der Waals surface area contributed by atoms with Crippen molar-refractivity contribution in [3.63, 3.8) is 0 Å². The molecule has 0 spiro atoms. The number of carbonyl (C=O) groups is 1. The van der Waals surface area contributed by atoms with E-state index in [0.717, 1.165) is 44.5 Å². The highest BCUT2D eigenvalue weighted by Gasteiger charge is 2.28. The molecule has 148 valence electrons. The summed E-state index contributed by atoms with van der Waals surface area (Å²) in [5.41, 5.74) is 0.684. The van der Waals surface area contributed by atoms with E-state index >= 15 is 0 Å². The lowest BCUT2D eigenvalue weighted by Gasteiger charge is -2.26. The third-order valence-electron chi connectivity index (χ3n) is 5.30. The van der Waals surface area contributed by atoms with Crippen LogP contribution in [0.15, 0.2) is 41.0 Å². The van der Waals surface area contributed by atoms with Crippen molar-refractivity contribution in [3.8, 4) is 0 Å². The van der Waals surface area contributed by atoms with Crippen LogP contribution in [0.3, 0.4) is 0 Å².